The van der Waals surface area contributed by atoms with Crippen molar-refractivity contribution in [1.29, 1.82) is 0 Å². The monoisotopic (exact) mass is 265 g/mol. The highest BCUT2D eigenvalue weighted by Crippen LogP contribution is 2.36. The van der Waals surface area contributed by atoms with Crippen LogP contribution in [0.5, 0.6) is 5.75 Å². The number of nitrogens with one attached hydrogen (secondary N) is 1. The maximum atomic E-state index is 5.20. The third-order valence-corrected chi connectivity index (χ3v) is 5.14. The van der Waals surface area contributed by atoms with Crippen molar-refractivity contribution in [3.05, 3.63) is 24.3 Å². The first-order chi connectivity index (χ1) is 8.72. The molecule has 0 saturated heterocycles. The third kappa shape index (κ3) is 3.42. The molecule has 0 heterocycles. The van der Waals surface area contributed by atoms with Crippen LogP contribution in [-0.2, 0) is 0 Å². The van der Waals surface area contributed by atoms with E-state index in [2.05, 4.69) is 31.4 Å². The van der Waals surface area contributed by atoms with Gasteiger partial charge < -0.3 is 10.1 Å². The number of rotatable bonds is 4. The molecule has 3 heteroatoms. The van der Waals surface area contributed by atoms with E-state index in [1.165, 1.54) is 24.2 Å². The van der Waals surface area contributed by atoms with Gasteiger partial charge in [0.05, 0.1) is 7.11 Å². The number of thioether (sulfide) groups is 1. The van der Waals surface area contributed by atoms with E-state index in [1.54, 1.807) is 7.11 Å². The van der Waals surface area contributed by atoms with Crippen molar-refractivity contribution >= 4 is 11.8 Å². The molecule has 3 atom stereocenters. The van der Waals surface area contributed by atoms with Crippen LogP contribution in [-0.4, -0.2) is 25.4 Å². The standard InChI is InChI=1S/C15H23NOS/c1-11-4-9-14(16-2)15(10-11)18-13-7-5-12(17-3)6-8-13/h5-8,11,14-16H,4,9-10H2,1-3H3. The van der Waals surface area contributed by atoms with Crippen LogP contribution in [0.4, 0.5) is 0 Å². The summed E-state index contributed by atoms with van der Waals surface area (Å²) < 4.78 is 5.20. The topological polar surface area (TPSA) is 21.3 Å². The average Bonchev–Trinajstić information content (AvgIpc) is 2.40. The van der Waals surface area contributed by atoms with Gasteiger partial charge in [0, 0.05) is 16.2 Å². The Kier molecular flexibility index (Phi) is 4.95. The van der Waals surface area contributed by atoms with Crippen LogP contribution < -0.4 is 10.1 Å². The average molecular weight is 265 g/mol. The lowest BCUT2D eigenvalue weighted by atomic mass is 9.87. The minimum absolute atomic E-state index is 0.647. The molecule has 1 aliphatic rings. The zero-order valence-corrected chi connectivity index (χ0v) is 12.3. The fourth-order valence-corrected chi connectivity index (χ4v) is 4.12. The van der Waals surface area contributed by atoms with E-state index >= 15 is 0 Å². The van der Waals surface area contributed by atoms with Gasteiger partial charge in [0.15, 0.2) is 0 Å². The summed E-state index contributed by atoms with van der Waals surface area (Å²) in [6, 6.07) is 9.06. The summed E-state index contributed by atoms with van der Waals surface area (Å²) in [6.45, 7) is 2.37. The Morgan fingerprint density at radius 2 is 1.94 bits per heavy atom. The van der Waals surface area contributed by atoms with Crippen LogP contribution in [0, 0.1) is 5.92 Å². The predicted octanol–water partition coefficient (Wildman–Crippen LogP) is 3.56. The number of hydrogen-bond acceptors (Lipinski definition) is 3. The van der Waals surface area contributed by atoms with E-state index < -0.39 is 0 Å². The highest BCUT2D eigenvalue weighted by atomic mass is 32.2. The molecule has 1 fully saturated rings. The quantitative estimate of drug-likeness (QED) is 0.899. The lowest BCUT2D eigenvalue weighted by molar-refractivity contribution is 0.329. The first-order valence-corrected chi connectivity index (χ1v) is 7.59. The molecule has 100 valence electrons. The van der Waals surface area contributed by atoms with Crippen LogP contribution in [0.25, 0.3) is 0 Å². The van der Waals surface area contributed by atoms with Gasteiger partial charge in [-0.25, -0.2) is 0 Å². The molecule has 1 saturated carbocycles. The Balaban J connectivity index is 2.01. The van der Waals surface area contributed by atoms with Crippen molar-refractivity contribution in [3.63, 3.8) is 0 Å². The molecule has 0 bridgehead atoms. The molecule has 0 radical (unpaired) electrons. The van der Waals surface area contributed by atoms with Crippen LogP contribution >= 0.6 is 11.8 Å². The summed E-state index contributed by atoms with van der Waals surface area (Å²) in [5.74, 6) is 1.78. The second-order valence-electron chi connectivity index (χ2n) is 5.15. The van der Waals surface area contributed by atoms with Crippen LogP contribution in [0.15, 0.2) is 29.2 Å². The summed E-state index contributed by atoms with van der Waals surface area (Å²) in [5, 5.41) is 4.16. The van der Waals surface area contributed by atoms with Gasteiger partial charge in [-0.05, 0) is 56.5 Å². The Bertz CT molecular complexity index is 365. The van der Waals surface area contributed by atoms with Gasteiger partial charge in [-0.3, -0.25) is 0 Å². The summed E-state index contributed by atoms with van der Waals surface area (Å²) in [6.07, 6.45) is 3.96. The largest absolute Gasteiger partial charge is 0.497 e. The Morgan fingerprint density at radius 1 is 1.22 bits per heavy atom. The second-order valence-corrected chi connectivity index (χ2v) is 6.46. The molecule has 1 aromatic rings. The van der Waals surface area contributed by atoms with Gasteiger partial charge in [0.2, 0.25) is 0 Å². The lowest BCUT2D eigenvalue weighted by Gasteiger charge is -2.34. The van der Waals surface area contributed by atoms with E-state index in [1.807, 2.05) is 23.9 Å². The van der Waals surface area contributed by atoms with E-state index in [4.69, 9.17) is 4.74 Å². The molecular formula is C15H23NOS. The Morgan fingerprint density at radius 3 is 2.56 bits per heavy atom. The molecule has 2 nitrogen and oxygen atoms in total. The zero-order chi connectivity index (χ0) is 13.0. The van der Waals surface area contributed by atoms with Gasteiger partial charge in [0.25, 0.3) is 0 Å². The smallest absolute Gasteiger partial charge is 0.118 e. The zero-order valence-electron chi connectivity index (χ0n) is 11.5. The van der Waals surface area contributed by atoms with Gasteiger partial charge in [0.1, 0.15) is 5.75 Å². The van der Waals surface area contributed by atoms with Crippen LogP contribution in [0.2, 0.25) is 0 Å². The summed E-state index contributed by atoms with van der Waals surface area (Å²) >= 11 is 2.00. The number of benzene rings is 1. The van der Waals surface area contributed by atoms with Crippen LogP contribution in [0.1, 0.15) is 26.2 Å². The predicted molar refractivity (Wildman–Crippen MR) is 78.5 cm³/mol. The van der Waals surface area contributed by atoms with Gasteiger partial charge in [-0.2, -0.15) is 0 Å². The van der Waals surface area contributed by atoms with Crippen LogP contribution in [0.3, 0.4) is 0 Å². The van der Waals surface area contributed by atoms with Crippen molar-refractivity contribution in [2.45, 2.75) is 42.4 Å². The number of hydrogen-bond donors (Lipinski definition) is 1. The number of methoxy groups -OCH3 is 1. The molecule has 1 aliphatic carbocycles. The van der Waals surface area contributed by atoms with Gasteiger partial charge in [-0.1, -0.05) is 6.92 Å². The lowest BCUT2D eigenvalue weighted by Crippen LogP contribution is -2.40. The summed E-state index contributed by atoms with van der Waals surface area (Å²) in [4.78, 5) is 1.34. The summed E-state index contributed by atoms with van der Waals surface area (Å²) in [7, 11) is 3.80. The maximum absolute atomic E-state index is 5.20. The Labute approximate surface area is 114 Å². The maximum Gasteiger partial charge on any atom is 0.118 e. The minimum Gasteiger partial charge on any atom is -0.497 e. The fourth-order valence-electron chi connectivity index (χ4n) is 2.62. The van der Waals surface area contributed by atoms with Crippen molar-refractivity contribution < 1.29 is 4.74 Å². The fraction of sp³-hybridized carbons (Fsp3) is 0.600. The molecule has 1 N–H and O–H groups in total. The van der Waals surface area contributed by atoms with Crippen molar-refractivity contribution in [2.24, 2.45) is 5.92 Å². The van der Waals surface area contributed by atoms with Crippen molar-refractivity contribution in [3.8, 4) is 5.75 Å². The molecule has 1 aromatic carbocycles. The van der Waals surface area contributed by atoms with Crippen molar-refractivity contribution in [2.75, 3.05) is 14.2 Å². The third-order valence-electron chi connectivity index (χ3n) is 3.77. The van der Waals surface area contributed by atoms with E-state index in [0.29, 0.717) is 11.3 Å². The highest BCUT2D eigenvalue weighted by Gasteiger charge is 2.28. The first kappa shape index (κ1) is 13.8. The molecule has 0 spiro atoms. The van der Waals surface area contributed by atoms with Crippen molar-refractivity contribution in [1.82, 2.24) is 5.32 Å². The molecule has 3 unspecified atom stereocenters. The number of ether oxygens (including phenoxy) is 1. The van der Waals surface area contributed by atoms with E-state index in [0.717, 1.165) is 11.7 Å². The van der Waals surface area contributed by atoms with Gasteiger partial charge in [-0.15, -0.1) is 11.8 Å². The molecule has 0 amide bonds. The first-order valence-electron chi connectivity index (χ1n) is 6.71. The SMILES string of the molecule is CNC1CCC(C)CC1Sc1ccc(OC)cc1. The molecular weight excluding hydrogens is 242 g/mol. The van der Waals surface area contributed by atoms with Gasteiger partial charge >= 0.3 is 0 Å². The normalized spacial score (nSPS) is 28.1. The van der Waals surface area contributed by atoms with E-state index in [-0.39, 0.29) is 0 Å². The molecule has 0 aromatic heterocycles. The Hall–Kier alpha value is -0.670. The second kappa shape index (κ2) is 6.48. The molecule has 0 aliphatic heterocycles. The highest BCUT2D eigenvalue weighted by molar-refractivity contribution is 8.00. The van der Waals surface area contributed by atoms with E-state index in [9.17, 15) is 0 Å². The molecule has 2 rings (SSSR count). The summed E-state index contributed by atoms with van der Waals surface area (Å²) in [5.41, 5.74) is 0. The molecule has 18 heavy (non-hydrogen) atoms. The minimum atomic E-state index is 0.647.